The third-order valence-corrected chi connectivity index (χ3v) is 3.33. The van der Waals surface area contributed by atoms with Gasteiger partial charge in [0, 0.05) is 18.7 Å². The molecule has 0 radical (unpaired) electrons. The Morgan fingerprint density at radius 2 is 1.85 bits per heavy atom. The van der Waals surface area contributed by atoms with E-state index in [2.05, 4.69) is 19.2 Å². The predicted octanol–water partition coefficient (Wildman–Crippen LogP) is 1.94. The maximum absolute atomic E-state index is 5.52. The smallest absolute Gasteiger partial charge is 0.0561 e. The lowest BCUT2D eigenvalue weighted by molar-refractivity contribution is 0.00751. The number of ether oxygens (including phenoxy) is 1. The van der Waals surface area contributed by atoms with Crippen molar-refractivity contribution in [3.05, 3.63) is 0 Å². The highest BCUT2D eigenvalue weighted by atomic mass is 16.5. The molecule has 2 atom stereocenters. The zero-order valence-electron chi connectivity index (χ0n) is 8.75. The summed E-state index contributed by atoms with van der Waals surface area (Å²) in [5, 5.41) is 3.74. The first-order chi connectivity index (χ1) is 6.24. The van der Waals surface area contributed by atoms with E-state index in [0.717, 1.165) is 24.6 Å². The van der Waals surface area contributed by atoms with Crippen molar-refractivity contribution in [2.75, 3.05) is 6.61 Å². The van der Waals surface area contributed by atoms with E-state index in [-0.39, 0.29) is 0 Å². The van der Waals surface area contributed by atoms with E-state index < -0.39 is 0 Å². The van der Waals surface area contributed by atoms with Gasteiger partial charge in [-0.15, -0.1) is 0 Å². The normalized spacial score (nSPS) is 45.7. The molecule has 0 aromatic heterocycles. The first-order valence-electron chi connectivity index (χ1n) is 5.61. The highest BCUT2D eigenvalue weighted by Crippen LogP contribution is 2.28. The van der Waals surface area contributed by atoms with Gasteiger partial charge in [-0.25, -0.2) is 0 Å². The van der Waals surface area contributed by atoms with Crippen LogP contribution in [-0.4, -0.2) is 24.8 Å². The maximum atomic E-state index is 5.52. The molecule has 0 aromatic rings. The molecule has 1 aliphatic heterocycles. The largest absolute Gasteiger partial charge is 0.378 e. The van der Waals surface area contributed by atoms with Crippen LogP contribution in [-0.2, 0) is 4.74 Å². The summed E-state index contributed by atoms with van der Waals surface area (Å²) >= 11 is 0. The first-order valence-corrected chi connectivity index (χ1v) is 5.61. The molecule has 76 valence electrons. The molecular weight excluding hydrogens is 162 g/mol. The summed E-state index contributed by atoms with van der Waals surface area (Å²) < 4.78 is 5.52. The van der Waals surface area contributed by atoms with Gasteiger partial charge in [-0.1, -0.05) is 6.92 Å². The Morgan fingerprint density at radius 1 is 1.08 bits per heavy atom. The molecule has 2 aliphatic rings. The van der Waals surface area contributed by atoms with Crippen molar-refractivity contribution < 1.29 is 4.74 Å². The Bertz CT molecular complexity index is 165. The van der Waals surface area contributed by atoms with Crippen molar-refractivity contribution in [3.8, 4) is 0 Å². The third kappa shape index (κ3) is 2.44. The number of hydrogen-bond donors (Lipinski definition) is 1. The fraction of sp³-hybridized carbons (Fsp3) is 1.00. The zero-order chi connectivity index (χ0) is 9.26. The van der Waals surface area contributed by atoms with Gasteiger partial charge in [0.1, 0.15) is 0 Å². The lowest BCUT2D eigenvalue weighted by atomic mass is 9.81. The van der Waals surface area contributed by atoms with Crippen molar-refractivity contribution in [2.45, 2.75) is 57.7 Å². The third-order valence-electron chi connectivity index (χ3n) is 3.33. The van der Waals surface area contributed by atoms with E-state index in [0.29, 0.717) is 6.10 Å². The Hall–Kier alpha value is -0.0800. The molecule has 0 amide bonds. The first kappa shape index (κ1) is 9.47. The molecule has 1 saturated carbocycles. The number of hydrogen-bond acceptors (Lipinski definition) is 2. The minimum Gasteiger partial charge on any atom is -0.378 e. The average Bonchev–Trinajstić information content (AvgIpc) is 2.01. The van der Waals surface area contributed by atoms with Crippen LogP contribution in [0.5, 0.6) is 0 Å². The standard InChI is InChI=1S/C11H21NO/c1-8-5-11(6-8)12-10-3-4-13-9(2)7-10/h8-12H,3-7H2,1-2H3. The summed E-state index contributed by atoms with van der Waals surface area (Å²) in [6.07, 6.45) is 5.63. The van der Waals surface area contributed by atoms with Gasteiger partial charge in [-0.2, -0.15) is 0 Å². The van der Waals surface area contributed by atoms with Gasteiger partial charge in [-0.05, 0) is 38.5 Å². The Morgan fingerprint density at radius 3 is 2.46 bits per heavy atom. The number of rotatable bonds is 2. The van der Waals surface area contributed by atoms with E-state index in [1.165, 1.54) is 25.7 Å². The second kappa shape index (κ2) is 3.97. The molecule has 2 rings (SSSR count). The second-order valence-corrected chi connectivity index (χ2v) is 4.84. The highest BCUT2D eigenvalue weighted by Gasteiger charge is 2.28. The molecular formula is C11H21NO. The average molecular weight is 183 g/mol. The molecule has 13 heavy (non-hydrogen) atoms. The van der Waals surface area contributed by atoms with Gasteiger partial charge in [-0.3, -0.25) is 0 Å². The zero-order valence-corrected chi connectivity index (χ0v) is 8.75. The molecule has 2 heteroatoms. The Labute approximate surface area is 81.0 Å². The molecule has 0 bridgehead atoms. The van der Waals surface area contributed by atoms with Crippen LogP contribution < -0.4 is 5.32 Å². The quantitative estimate of drug-likeness (QED) is 0.706. The predicted molar refractivity (Wildman–Crippen MR) is 53.8 cm³/mol. The topological polar surface area (TPSA) is 21.3 Å². The van der Waals surface area contributed by atoms with Crippen LogP contribution in [0, 0.1) is 5.92 Å². The molecule has 2 nitrogen and oxygen atoms in total. The molecule has 2 fully saturated rings. The summed E-state index contributed by atoms with van der Waals surface area (Å²) in [6.45, 7) is 5.46. The minimum absolute atomic E-state index is 0.462. The molecule has 1 saturated heterocycles. The minimum atomic E-state index is 0.462. The van der Waals surface area contributed by atoms with Crippen LogP contribution in [0.4, 0.5) is 0 Å². The molecule has 0 aromatic carbocycles. The van der Waals surface area contributed by atoms with Gasteiger partial charge in [0.25, 0.3) is 0 Å². The maximum Gasteiger partial charge on any atom is 0.0561 e. The van der Waals surface area contributed by atoms with Crippen LogP contribution in [0.3, 0.4) is 0 Å². The van der Waals surface area contributed by atoms with Gasteiger partial charge in [0.05, 0.1) is 6.10 Å². The SMILES string of the molecule is CC1CC(NC2CCOC(C)C2)C1. The molecule has 1 N–H and O–H groups in total. The van der Waals surface area contributed by atoms with Crippen LogP contribution in [0.15, 0.2) is 0 Å². The van der Waals surface area contributed by atoms with Gasteiger partial charge in [0.2, 0.25) is 0 Å². The van der Waals surface area contributed by atoms with Crippen molar-refractivity contribution >= 4 is 0 Å². The molecule has 1 aliphatic carbocycles. The fourth-order valence-corrected chi connectivity index (χ4v) is 2.52. The van der Waals surface area contributed by atoms with Gasteiger partial charge < -0.3 is 10.1 Å². The summed E-state index contributed by atoms with van der Waals surface area (Å²) in [5.41, 5.74) is 0. The van der Waals surface area contributed by atoms with E-state index in [1.807, 2.05) is 0 Å². The lowest BCUT2D eigenvalue weighted by Crippen LogP contribution is -2.48. The Balaban J connectivity index is 1.69. The van der Waals surface area contributed by atoms with E-state index in [1.54, 1.807) is 0 Å². The van der Waals surface area contributed by atoms with Crippen molar-refractivity contribution in [1.82, 2.24) is 5.32 Å². The second-order valence-electron chi connectivity index (χ2n) is 4.84. The van der Waals surface area contributed by atoms with E-state index >= 15 is 0 Å². The summed E-state index contributed by atoms with van der Waals surface area (Å²) in [7, 11) is 0. The lowest BCUT2D eigenvalue weighted by Gasteiger charge is -2.38. The highest BCUT2D eigenvalue weighted by molar-refractivity contribution is 4.86. The number of nitrogens with one attached hydrogen (secondary N) is 1. The van der Waals surface area contributed by atoms with Crippen molar-refractivity contribution in [1.29, 1.82) is 0 Å². The summed E-state index contributed by atoms with van der Waals surface area (Å²) in [4.78, 5) is 0. The van der Waals surface area contributed by atoms with Gasteiger partial charge in [0.15, 0.2) is 0 Å². The molecule has 0 spiro atoms. The van der Waals surface area contributed by atoms with Crippen molar-refractivity contribution in [3.63, 3.8) is 0 Å². The monoisotopic (exact) mass is 183 g/mol. The van der Waals surface area contributed by atoms with Crippen molar-refractivity contribution in [2.24, 2.45) is 5.92 Å². The van der Waals surface area contributed by atoms with E-state index in [9.17, 15) is 0 Å². The van der Waals surface area contributed by atoms with Crippen LogP contribution in [0.2, 0.25) is 0 Å². The van der Waals surface area contributed by atoms with E-state index in [4.69, 9.17) is 4.74 Å². The molecule has 1 heterocycles. The summed E-state index contributed by atoms with van der Waals surface area (Å²) in [6, 6.07) is 1.53. The Kier molecular flexibility index (Phi) is 2.89. The van der Waals surface area contributed by atoms with Crippen LogP contribution >= 0.6 is 0 Å². The van der Waals surface area contributed by atoms with Crippen LogP contribution in [0.1, 0.15) is 39.5 Å². The molecule has 2 unspecified atom stereocenters. The fourth-order valence-electron chi connectivity index (χ4n) is 2.52. The summed E-state index contributed by atoms with van der Waals surface area (Å²) in [5.74, 6) is 0.953. The van der Waals surface area contributed by atoms with Gasteiger partial charge >= 0.3 is 0 Å². The van der Waals surface area contributed by atoms with Crippen LogP contribution in [0.25, 0.3) is 0 Å².